The van der Waals surface area contributed by atoms with E-state index in [2.05, 4.69) is 21.0 Å². The molecule has 0 saturated carbocycles. The summed E-state index contributed by atoms with van der Waals surface area (Å²) < 4.78 is 7.13. The van der Waals surface area contributed by atoms with E-state index in [1.165, 1.54) is 0 Å². The normalized spacial score (nSPS) is 19.4. The summed E-state index contributed by atoms with van der Waals surface area (Å²) in [6.45, 7) is 14.0. The van der Waals surface area contributed by atoms with Gasteiger partial charge in [0, 0.05) is 30.7 Å². The number of carbonyl (C=O) groups excluding carboxylic acids is 3. The van der Waals surface area contributed by atoms with E-state index in [1.54, 1.807) is 16.9 Å². The fourth-order valence-electron chi connectivity index (χ4n) is 5.04. The predicted molar refractivity (Wildman–Crippen MR) is 154 cm³/mol. The van der Waals surface area contributed by atoms with Crippen LogP contribution in [0.5, 0.6) is 0 Å². The van der Waals surface area contributed by atoms with E-state index >= 15 is 0 Å². The van der Waals surface area contributed by atoms with Crippen molar-refractivity contribution in [1.82, 2.24) is 30.7 Å². The standard InChI is InChI=1S/C30H40N6O4/c1-17(2)36-26-24(16-33-36)22(27(37)31-15-23-18(3)11-19(4)34-28(23)38)13-25(35-26)21-10-8-9-20(12-21)14-32-29(39)40-30(5,6)7/h8-10,12-13,16-19,23H,11,14-15H2,1-7H3,(H,31,37)(H,32,39)(H,34,38). The van der Waals surface area contributed by atoms with Gasteiger partial charge in [0.25, 0.3) is 5.91 Å². The van der Waals surface area contributed by atoms with Gasteiger partial charge in [0.05, 0.1) is 28.8 Å². The molecular weight excluding hydrogens is 508 g/mol. The second-order valence-corrected chi connectivity index (χ2v) is 12.0. The molecule has 3 unspecified atom stereocenters. The summed E-state index contributed by atoms with van der Waals surface area (Å²) in [5.41, 5.74) is 2.73. The summed E-state index contributed by atoms with van der Waals surface area (Å²) in [7, 11) is 0. The van der Waals surface area contributed by atoms with Crippen LogP contribution in [0.3, 0.4) is 0 Å². The Labute approximate surface area is 235 Å². The van der Waals surface area contributed by atoms with Gasteiger partial charge >= 0.3 is 6.09 Å². The van der Waals surface area contributed by atoms with Crippen LogP contribution in [-0.4, -0.2) is 50.9 Å². The highest BCUT2D eigenvalue weighted by molar-refractivity contribution is 6.06. The fraction of sp³-hybridized carbons (Fsp3) is 0.500. The number of piperidine rings is 1. The van der Waals surface area contributed by atoms with Gasteiger partial charge in [-0.2, -0.15) is 5.10 Å². The van der Waals surface area contributed by atoms with Crippen LogP contribution in [0.1, 0.15) is 76.9 Å². The number of hydrogen-bond donors (Lipinski definition) is 3. The Kier molecular flexibility index (Phi) is 8.46. The number of pyridine rings is 1. The van der Waals surface area contributed by atoms with Gasteiger partial charge in [0.15, 0.2) is 5.65 Å². The molecule has 1 aliphatic heterocycles. The number of alkyl carbamates (subject to hydrolysis) is 1. The Morgan fingerprint density at radius 3 is 2.60 bits per heavy atom. The molecule has 3 atom stereocenters. The van der Waals surface area contributed by atoms with Crippen LogP contribution in [-0.2, 0) is 16.1 Å². The summed E-state index contributed by atoms with van der Waals surface area (Å²) in [5, 5.41) is 13.9. The number of benzene rings is 1. The third-order valence-electron chi connectivity index (χ3n) is 6.98. The minimum Gasteiger partial charge on any atom is -0.444 e. The second kappa shape index (κ2) is 11.7. The molecule has 0 spiro atoms. The molecule has 1 aromatic carbocycles. The molecule has 10 nitrogen and oxygen atoms in total. The lowest BCUT2D eigenvalue weighted by Gasteiger charge is -2.32. The van der Waals surface area contributed by atoms with Crippen LogP contribution in [0.4, 0.5) is 4.79 Å². The smallest absolute Gasteiger partial charge is 0.407 e. The fourth-order valence-corrected chi connectivity index (χ4v) is 5.04. The maximum Gasteiger partial charge on any atom is 0.407 e. The number of carbonyl (C=O) groups is 3. The van der Waals surface area contributed by atoms with Crippen molar-refractivity contribution in [2.24, 2.45) is 11.8 Å². The van der Waals surface area contributed by atoms with Gasteiger partial charge in [-0.15, -0.1) is 0 Å². The summed E-state index contributed by atoms with van der Waals surface area (Å²) in [6.07, 6.45) is 2.04. The van der Waals surface area contributed by atoms with Crippen LogP contribution in [0.15, 0.2) is 36.5 Å². The van der Waals surface area contributed by atoms with Crippen molar-refractivity contribution in [3.63, 3.8) is 0 Å². The lowest BCUT2D eigenvalue weighted by Crippen LogP contribution is -2.50. The van der Waals surface area contributed by atoms with Gasteiger partial charge in [-0.05, 0) is 71.6 Å². The van der Waals surface area contributed by atoms with Gasteiger partial charge in [0.2, 0.25) is 5.91 Å². The first kappa shape index (κ1) is 29.0. The molecule has 3 N–H and O–H groups in total. The van der Waals surface area contributed by atoms with Crippen molar-refractivity contribution in [3.05, 3.63) is 47.7 Å². The van der Waals surface area contributed by atoms with Gasteiger partial charge < -0.3 is 20.7 Å². The van der Waals surface area contributed by atoms with Gasteiger partial charge in [-0.3, -0.25) is 9.59 Å². The molecule has 214 valence electrons. The Balaban J connectivity index is 1.61. The minimum absolute atomic E-state index is 0.0310. The van der Waals surface area contributed by atoms with Crippen LogP contribution in [0.25, 0.3) is 22.3 Å². The number of rotatable bonds is 7. The van der Waals surface area contributed by atoms with Crippen molar-refractivity contribution >= 4 is 28.9 Å². The molecule has 1 fully saturated rings. The van der Waals surface area contributed by atoms with Gasteiger partial charge in [-0.25, -0.2) is 14.5 Å². The maximum atomic E-state index is 13.5. The van der Waals surface area contributed by atoms with Crippen LogP contribution < -0.4 is 16.0 Å². The van der Waals surface area contributed by atoms with Crippen molar-refractivity contribution in [2.45, 2.75) is 79.1 Å². The first-order valence-electron chi connectivity index (χ1n) is 13.9. The first-order valence-corrected chi connectivity index (χ1v) is 13.9. The number of aromatic nitrogens is 3. The van der Waals surface area contributed by atoms with Crippen molar-refractivity contribution in [3.8, 4) is 11.3 Å². The molecule has 10 heteroatoms. The van der Waals surface area contributed by atoms with Crippen molar-refractivity contribution in [2.75, 3.05) is 6.54 Å². The van der Waals surface area contributed by atoms with E-state index in [0.717, 1.165) is 17.5 Å². The molecule has 0 bridgehead atoms. The molecule has 3 amide bonds. The highest BCUT2D eigenvalue weighted by Crippen LogP contribution is 2.28. The van der Waals surface area contributed by atoms with E-state index in [0.29, 0.717) is 22.3 Å². The predicted octanol–water partition coefficient (Wildman–Crippen LogP) is 4.59. The third-order valence-corrected chi connectivity index (χ3v) is 6.98. The molecular formula is C30H40N6O4. The number of amides is 3. The number of nitrogens with zero attached hydrogens (tertiary/aromatic N) is 3. The van der Waals surface area contributed by atoms with Gasteiger partial charge in [0.1, 0.15) is 5.60 Å². The average molecular weight is 549 g/mol. The van der Waals surface area contributed by atoms with Crippen LogP contribution in [0, 0.1) is 11.8 Å². The molecule has 3 heterocycles. The molecule has 4 rings (SSSR count). The van der Waals surface area contributed by atoms with E-state index in [-0.39, 0.29) is 48.8 Å². The van der Waals surface area contributed by atoms with E-state index < -0.39 is 11.7 Å². The SMILES string of the molecule is CC1CC(C)C(CNC(=O)c2cc(-c3cccc(CNC(=O)OC(C)(C)C)c3)nc3c2cnn3C(C)C)C(=O)N1. The molecule has 1 saturated heterocycles. The van der Waals surface area contributed by atoms with Gasteiger partial charge in [-0.1, -0.05) is 25.1 Å². The van der Waals surface area contributed by atoms with Crippen LogP contribution in [0.2, 0.25) is 0 Å². The summed E-state index contributed by atoms with van der Waals surface area (Å²) in [4.78, 5) is 43.1. The van der Waals surface area contributed by atoms with Crippen molar-refractivity contribution < 1.29 is 19.1 Å². The highest BCUT2D eigenvalue weighted by atomic mass is 16.6. The summed E-state index contributed by atoms with van der Waals surface area (Å²) in [5.74, 6) is -0.433. The zero-order chi connectivity index (χ0) is 29.2. The third kappa shape index (κ3) is 6.78. The van der Waals surface area contributed by atoms with E-state index in [9.17, 15) is 14.4 Å². The zero-order valence-corrected chi connectivity index (χ0v) is 24.4. The Hall–Kier alpha value is -3.95. The number of hydrogen-bond acceptors (Lipinski definition) is 6. The molecule has 40 heavy (non-hydrogen) atoms. The largest absolute Gasteiger partial charge is 0.444 e. The van der Waals surface area contributed by atoms with E-state index in [4.69, 9.17) is 9.72 Å². The Morgan fingerprint density at radius 2 is 1.93 bits per heavy atom. The first-order chi connectivity index (χ1) is 18.8. The average Bonchev–Trinajstić information content (AvgIpc) is 3.30. The highest BCUT2D eigenvalue weighted by Gasteiger charge is 2.32. The molecule has 1 aliphatic rings. The summed E-state index contributed by atoms with van der Waals surface area (Å²) >= 11 is 0. The molecule has 0 aliphatic carbocycles. The van der Waals surface area contributed by atoms with E-state index in [1.807, 2.05) is 72.7 Å². The topological polar surface area (TPSA) is 127 Å². The minimum atomic E-state index is -0.584. The second-order valence-electron chi connectivity index (χ2n) is 12.0. The Morgan fingerprint density at radius 1 is 1.18 bits per heavy atom. The number of ether oxygens (including phenoxy) is 1. The quantitative estimate of drug-likeness (QED) is 0.396. The molecule has 2 aromatic heterocycles. The zero-order valence-electron chi connectivity index (χ0n) is 24.4. The van der Waals surface area contributed by atoms with Crippen molar-refractivity contribution in [1.29, 1.82) is 0 Å². The monoisotopic (exact) mass is 548 g/mol. The maximum absolute atomic E-state index is 13.5. The lowest BCUT2D eigenvalue weighted by atomic mass is 9.84. The molecule has 0 radical (unpaired) electrons. The number of fused-ring (bicyclic) bond motifs is 1. The Bertz CT molecular complexity index is 1410. The number of nitrogens with one attached hydrogen (secondary N) is 3. The lowest BCUT2D eigenvalue weighted by molar-refractivity contribution is -0.129. The summed E-state index contributed by atoms with van der Waals surface area (Å²) in [6, 6.07) is 9.57. The van der Waals surface area contributed by atoms with Crippen LogP contribution >= 0.6 is 0 Å². The molecule has 3 aromatic rings.